The topological polar surface area (TPSA) is 98.1 Å². The second-order valence-electron chi connectivity index (χ2n) is 3.60. The van der Waals surface area contributed by atoms with E-state index in [2.05, 4.69) is 0 Å². The number of carbonyl (C=O) groups is 2. The molecule has 0 radical (unpaired) electrons. The van der Waals surface area contributed by atoms with Crippen LogP contribution in [0.2, 0.25) is 0 Å². The van der Waals surface area contributed by atoms with Crippen LogP contribution in [0.4, 0.5) is 0 Å². The van der Waals surface area contributed by atoms with E-state index in [1.54, 1.807) is 0 Å². The van der Waals surface area contributed by atoms with Crippen molar-refractivity contribution in [2.45, 2.75) is 32.6 Å². The molecule has 1 unspecified atom stereocenters. The number of rotatable bonds is 8. The first kappa shape index (κ1) is 14.9. The van der Waals surface area contributed by atoms with Gasteiger partial charge in [0, 0.05) is 6.42 Å². The number of amides is 1. The minimum Gasteiger partial charge on any atom is -0.481 e. The number of unbranched alkanes of at least 4 members (excludes halogenated alkanes) is 1. The van der Waals surface area contributed by atoms with Crippen LogP contribution in [0, 0.1) is 5.92 Å². The van der Waals surface area contributed by atoms with Crippen molar-refractivity contribution in [2.24, 2.45) is 5.92 Å². The predicted octanol–water partition coefficient (Wildman–Crippen LogP) is -0.00430. The zero-order chi connectivity index (χ0) is 12.6. The van der Waals surface area contributed by atoms with E-state index in [0.717, 1.165) is 17.7 Å². The Morgan fingerprint density at radius 2 is 1.81 bits per heavy atom. The van der Waals surface area contributed by atoms with Gasteiger partial charge < -0.3 is 15.3 Å². The molecule has 6 heteroatoms. The fourth-order valence-corrected chi connectivity index (χ4v) is 1.31. The summed E-state index contributed by atoms with van der Waals surface area (Å²) >= 11 is 0. The Hall–Kier alpha value is -1.14. The van der Waals surface area contributed by atoms with Crippen LogP contribution >= 0.6 is 0 Å². The molecular formula is C10H19NO5. The molecule has 6 nitrogen and oxygen atoms in total. The first-order valence-electron chi connectivity index (χ1n) is 5.29. The zero-order valence-electron chi connectivity index (χ0n) is 9.43. The van der Waals surface area contributed by atoms with Crippen molar-refractivity contribution in [1.82, 2.24) is 4.90 Å². The number of hydrogen-bond donors (Lipinski definition) is 3. The lowest BCUT2D eigenvalue weighted by Crippen LogP contribution is -2.35. The summed E-state index contributed by atoms with van der Waals surface area (Å²) in [4.78, 5) is 23.1. The lowest BCUT2D eigenvalue weighted by Gasteiger charge is -2.19. The normalized spacial score (nSPS) is 12.2. The van der Waals surface area contributed by atoms with Crippen LogP contribution in [0.1, 0.15) is 32.6 Å². The Bertz CT molecular complexity index is 227. The maximum Gasteiger partial charge on any atom is 0.307 e. The van der Waals surface area contributed by atoms with Crippen LogP contribution in [0.25, 0.3) is 0 Å². The summed E-state index contributed by atoms with van der Waals surface area (Å²) in [6, 6.07) is 0. The highest BCUT2D eigenvalue weighted by Crippen LogP contribution is 2.14. The highest BCUT2D eigenvalue weighted by atomic mass is 16.4. The Kier molecular flexibility index (Phi) is 7.49. The maximum atomic E-state index is 11.4. The first-order valence-corrected chi connectivity index (χ1v) is 5.29. The van der Waals surface area contributed by atoms with E-state index in [1.165, 1.54) is 0 Å². The number of carbonyl (C=O) groups excluding carboxylic acids is 1. The van der Waals surface area contributed by atoms with Gasteiger partial charge in [0.25, 0.3) is 0 Å². The van der Waals surface area contributed by atoms with Gasteiger partial charge in [0.15, 0.2) is 0 Å². The zero-order valence-corrected chi connectivity index (χ0v) is 9.43. The predicted molar refractivity (Wildman–Crippen MR) is 56.3 cm³/mol. The van der Waals surface area contributed by atoms with Gasteiger partial charge in [0.05, 0.1) is 5.92 Å². The molecule has 1 atom stereocenters. The first-order chi connectivity index (χ1) is 7.56. The lowest BCUT2D eigenvalue weighted by atomic mass is 9.98. The van der Waals surface area contributed by atoms with Crippen molar-refractivity contribution < 1.29 is 24.9 Å². The van der Waals surface area contributed by atoms with E-state index < -0.39 is 31.3 Å². The van der Waals surface area contributed by atoms with Crippen molar-refractivity contribution in [3.8, 4) is 0 Å². The van der Waals surface area contributed by atoms with Crippen LogP contribution in [0.15, 0.2) is 0 Å². The monoisotopic (exact) mass is 233 g/mol. The number of hydrogen-bond acceptors (Lipinski definition) is 4. The maximum absolute atomic E-state index is 11.4. The third-order valence-electron chi connectivity index (χ3n) is 2.37. The highest BCUT2D eigenvalue weighted by Gasteiger charge is 2.23. The molecule has 16 heavy (non-hydrogen) atoms. The molecule has 0 fully saturated rings. The second kappa shape index (κ2) is 8.06. The van der Waals surface area contributed by atoms with Gasteiger partial charge in [-0.2, -0.15) is 0 Å². The molecule has 0 bridgehead atoms. The fraction of sp³-hybridized carbons (Fsp3) is 0.800. The Balaban J connectivity index is 4.27. The number of aliphatic hydroxyl groups is 2. The van der Waals surface area contributed by atoms with E-state index >= 15 is 0 Å². The molecule has 1 amide bonds. The minimum absolute atomic E-state index is 0.184. The molecule has 0 aliphatic rings. The summed E-state index contributed by atoms with van der Waals surface area (Å²) in [6.07, 6.45) is 1.85. The van der Waals surface area contributed by atoms with Gasteiger partial charge in [0.1, 0.15) is 13.5 Å². The Labute approximate surface area is 94.5 Å². The number of aliphatic carboxylic acids is 1. The molecular weight excluding hydrogens is 214 g/mol. The fourth-order valence-electron chi connectivity index (χ4n) is 1.31. The van der Waals surface area contributed by atoms with E-state index in [-0.39, 0.29) is 6.42 Å². The molecule has 0 aromatic carbocycles. The molecule has 0 saturated carbocycles. The van der Waals surface area contributed by atoms with Crippen molar-refractivity contribution in [3.63, 3.8) is 0 Å². The van der Waals surface area contributed by atoms with Gasteiger partial charge in [-0.1, -0.05) is 19.8 Å². The van der Waals surface area contributed by atoms with Crippen LogP contribution in [0.5, 0.6) is 0 Å². The van der Waals surface area contributed by atoms with E-state index in [1.807, 2.05) is 6.92 Å². The van der Waals surface area contributed by atoms with Gasteiger partial charge in [-0.3, -0.25) is 14.5 Å². The third-order valence-corrected chi connectivity index (χ3v) is 2.37. The molecule has 0 heterocycles. The molecule has 94 valence electrons. The van der Waals surface area contributed by atoms with Crippen LogP contribution < -0.4 is 0 Å². The molecule has 0 aliphatic carbocycles. The summed E-state index contributed by atoms with van der Waals surface area (Å²) in [5, 5.41) is 26.3. The van der Waals surface area contributed by atoms with E-state index in [9.17, 15) is 9.59 Å². The largest absolute Gasteiger partial charge is 0.481 e. The van der Waals surface area contributed by atoms with E-state index in [4.69, 9.17) is 15.3 Å². The Morgan fingerprint density at radius 3 is 2.19 bits per heavy atom. The molecule has 0 spiro atoms. The van der Waals surface area contributed by atoms with Crippen molar-refractivity contribution in [1.29, 1.82) is 0 Å². The van der Waals surface area contributed by atoms with E-state index in [0.29, 0.717) is 6.42 Å². The summed E-state index contributed by atoms with van der Waals surface area (Å²) in [7, 11) is 0. The lowest BCUT2D eigenvalue weighted by molar-refractivity contribution is -0.149. The van der Waals surface area contributed by atoms with Crippen molar-refractivity contribution in [2.75, 3.05) is 13.5 Å². The molecule has 0 saturated heterocycles. The Morgan fingerprint density at radius 1 is 1.25 bits per heavy atom. The SMILES string of the molecule is CCCCC(CC(=O)N(CO)CO)C(=O)O. The second-order valence-corrected chi connectivity index (χ2v) is 3.60. The molecule has 3 N–H and O–H groups in total. The van der Waals surface area contributed by atoms with Crippen LogP contribution in [-0.4, -0.2) is 45.6 Å². The number of nitrogens with zero attached hydrogens (tertiary/aromatic N) is 1. The van der Waals surface area contributed by atoms with Crippen LogP contribution in [-0.2, 0) is 9.59 Å². The summed E-state index contributed by atoms with van der Waals surface area (Å²) in [5.41, 5.74) is 0. The minimum atomic E-state index is -1.02. The summed E-state index contributed by atoms with van der Waals surface area (Å²) in [6.45, 7) is 0.735. The molecule has 0 aliphatic heterocycles. The van der Waals surface area contributed by atoms with Gasteiger partial charge in [-0.05, 0) is 6.42 Å². The number of carboxylic acid groups (broad SMARTS) is 1. The average Bonchev–Trinajstić information content (AvgIpc) is 2.25. The molecule has 0 aromatic heterocycles. The highest BCUT2D eigenvalue weighted by molar-refractivity contribution is 5.82. The van der Waals surface area contributed by atoms with Gasteiger partial charge in [-0.25, -0.2) is 0 Å². The third kappa shape index (κ3) is 5.09. The number of aliphatic hydroxyl groups excluding tert-OH is 2. The molecule has 0 rings (SSSR count). The summed E-state index contributed by atoms with van der Waals surface area (Å²) < 4.78 is 0. The number of carboxylic acids is 1. The van der Waals surface area contributed by atoms with Gasteiger partial charge in [0.2, 0.25) is 5.91 Å². The van der Waals surface area contributed by atoms with Gasteiger partial charge in [-0.15, -0.1) is 0 Å². The smallest absolute Gasteiger partial charge is 0.307 e. The van der Waals surface area contributed by atoms with Gasteiger partial charge >= 0.3 is 5.97 Å². The van der Waals surface area contributed by atoms with Crippen molar-refractivity contribution >= 4 is 11.9 Å². The van der Waals surface area contributed by atoms with Crippen molar-refractivity contribution in [3.05, 3.63) is 0 Å². The summed E-state index contributed by atoms with van der Waals surface area (Å²) in [5.74, 6) is -2.31. The quantitative estimate of drug-likeness (QED) is 0.512. The molecule has 0 aromatic rings. The van der Waals surface area contributed by atoms with Crippen LogP contribution in [0.3, 0.4) is 0 Å². The average molecular weight is 233 g/mol. The standard InChI is InChI=1S/C10H19NO5/c1-2-3-4-8(10(15)16)5-9(14)11(6-12)7-13/h8,12-13H,2-7H2,1H3,(H,15,16).